The summed E-state index contributed by atoms with van der Waals surface area (Å²) in [5.41, 5.74) is 1.31. The summed E-state index contributed by atoms with van der Waals surface area (Å²) in [6, 6.07) is 6.34. The Balaban J connectivity index is 2.48. The Morgan fingerprint density at radius 1 is 1.35 bits per heavy atom. The molecule has 0 amide bonds. The minimum Gasteiger partial charge on any atom is -0.288 e. The van der Waals surface area contributed by atoms with Gasteiger partial charge in [-0.05, 0) is 46.6 Å². The first-order chi connectivity index (χ1) is 8.09. The largest absolute Gasteiger partial charge is 0.288 e. The molecule has 0 bridgehead atoms. The summed E-state index contributed by atoms with van der Waals surface area (Å²) in [5, 5.41) is 0. The molecule has 0 unspecified atom stereocenters. The molecule has 0 aliphatic carbocycles. The predicted molar refractivity (Wildman–Crippen MR) is 66.5 cm³/mol. The summed E-state index contributed by atoms with van der Waals surface area (Å²) in [4.78, 5) is 16.0. The molecular formula is C13H9BrFNO. The minimum atomic E-state index is -0.543. The van der Waals surface area contributed by atoms with E-state index in [-0.39, 0.29) is 15.8 Å². The smallest absolute Gasteiger partial charge is 0.197 e. The van der Waals surface area contributed by atoms with E-state index in [0.29, 0.717) is 5.56 Å². The molecule has 0 fully saturated rings. The zero-order valence-electron chi connectivity index (χ0n) is 9.08. The molecule has 4 heteroatoms. The fraction of sp³-hybridized carbons (Fsp3) is 0.0769. The fourth-order valence-corrected chi connectivity index (χ4v) is 1.88. The Morgan fingerprint density at radius 2 is 2.12 bits per heavy atom. The molecule has 0 N–H and O–H groups in total. The highest BCUT2D eigenvalue weighted by atomic mass is 79.9. The molecule has 0 atom stereocenters. The Morgan fingerprint density at radius 3 is 2.82 bits per heavy atom. The summed E-state index contributed by atoms with van der Waals surface area (Å²) in [5.74, 6) is -0.904. The first-order valence-corrected chi connectivity index (χ1v) is 5.79. The molecule has 0 radical (unpaired) electrons. The number of hydrogen-bond acceptors (Lipinski definition) is 2. The molecule has 2 aromatic rings. The van der Waals surface area contributed by atoms with Crippen LogP contribution >= 0.6 is 15.9 Å². The predicted octanol–water partition coefficient (Wildman–Crippen LogP) is 3.52. The van der Waals surface area contributed by atoms with Crippen LogP contribution in [0.25, 0.3) is 0 Å². The highest BCUT2D eigenvalue weighted by Gasteiger charge is 2.15. The van der Waals surface area contributed by atoms with E-state index < -0.39 is 5.82 Å². The highest BCUT2D eigenvalue weighted by molar-refractivity contribution is 9.10. The molecule has 2 nitrogen and oxygen atoms in total. The maximum Gasteiger partial charge on any atom is 0.197 e. The zero-order chi connectivity index (χ0) is 12.4. The molecule has 0 aliphatic rings. The van der Waals surface area contributed by atoms with Gasteiger partial charge in [0.1, 0.15) is 5.82 Å². The molecule has 2 rings (SSSR count). The van der Waals surface area contributed by atoms with Crippen molar-refractivity contribution in [3.8, 4) is 0 Å². The Kier molecular flexibility index (Phi) is 3.33. The number of benzene rings is 1. The number of aryl methyl sites for hydroxylation is 1. The highest BCUT2D eigenvalue weighted by Crippen LogP contribution is 2.21. The quantitative estimate of drug-likeness (QED) is 0.793. The van der Waals surface area contributed by atoms with Crippen LogP contribution in [-0.4, -0.2) is 10.8 Å². The second kappa shape index (κ2) is 4.75. The summed E-state index contributed by atoms with van der Waals surface area (Å²) in [7, 11) is 0. The molecular weight excluding hydrogens is 285 g/mol. The van der Waals surface area contributed by atoms with Gasteiger partial charge in [-0.2, -0.15) is 0 Å². The second-order valence-electron chi connectivity index (χ2n) is 3.68. The van der Waals surface area contributed by atoms with Gasteiger partial charge in [-0.25, -0.2) is 4.39 Å². The molecule has 1 aromatic heterocycles. The summed E-state index contributed by atoms with van der Waals surface area (Å²) >= 11 is 3.06. The van der Waals surface area contributed by atoms with Crippen LogP contribution in [0.4, 0.5) is 4.39 Å². The van der Waals surface area contributed by atoms with Crippen molar-refractivity contribution in [3.05, 3.63) is 63.6 Å². The lowest BCUT2D eigenvalue weighted by Crippen LogP contribution is -2.05. The minimum absolute atomic E-state index is 0.0479. The number of pyridine rings is 1. The average molecular weight is 294 g/mol. The molecule has 17 heavy (non-hydrogen) atoms. The van der Waals surface area contributed by atoms with Gasteiger partial charge in [-0.15, -0.1) is 0 Å². The number of halogens is 2. The maximum atomic E-state index is 13.8. The standard InChI is InChI=1S/C13H9BrFNO/c1-8-5-9(7-16-6-8)13(17)10-3-2-4-11(14)12(10)15/h2-7H,1H3. The Bertz CT molecular complexity index is 583. The zero-order valence-corrected chi connectivity index (χ0v) is 10.7. The van der Waals surface area contributed by atoms with Gasteiger partial charge < -0.3 is 0 Å². The van der Waals surface area contributed by atoms with Crippen LogP contribution in [0.15, 0.2) is 41.1 Å². The van der Waals surface area contributed by atoms with Crippen molar-refractivity contribution < 1.29 is 9.18 Å². The fourth-order valence-electron chi connectivity index (χ4n) is 1.51. The van der Waals surface area contributed by atoms with Gasteiger partial charge in [-0.3, -0.25) is 9.78 Å². The molecule has 0 saturated heterocycles. The van der Waals surface area contributed by atoms with Gasteiger partial charge in [0.05, 0.1) is 10.0 Å². The average Bonchev–Trinajstić information content (AvgIpc) is 2.32. The normalized spacial score (nSPS) is 10.3. The van der Waals surface area contributed by atoms with Gasteiger partial charge in [0.2, 0.25) is 0 Å². The maximum absolute atomic E-state index is 13.8. The number of hydrogen-bond donors (Lipinski definition) is 0. The van der Waals surface area contributed by atoms with Crippen LogP contribution in [0.1, 0.15) is 21.5 Å². The Labute approximate surface area is 107 Å². The van der Waals surface area contributed by atoms with Gasteiger partial charge in [-0.1, -0.05) is 6.07 Å². The van der Waals surface area contributed by atoms with E-state index in [2.05, 4.69) is 20.9 Å². The number of carbonyl (C=O) groups excluding carboxylic acids is 1. The SMILES string of the molecule is Cc1cncc(C(=O)c2cccc(Br)c2F)c1. The Hall–Kier alpha value is -1.55. The molecule has 0 aliphatic heterocycles. The van der Waals surface area contributed by atoms with E-state index in [0.717, 1.165) is 5.56 Å². The summed E-state index contributed by atoms with van der Waals surface area (Å²) < 4.78 is 14.0. The van der Waals surface area contributed by atoms with Crippen molar-refractivity contribution >= 4 is 21.7 Å². The monoisotopic (exact) mass is 293 g/mol. The van der Waals surface area contributed by atoms with E-state index >= 15 is 0 Å². The van der Waals surface area contributed by atoms with Gasteiger partial charge >= 0.3 is 0 Å². The summed E-state index contributed by atoms with van der Waals surface area (Å²) in [6.45, 7) is 1.83. The third-order valence-corrected chi connectivity index (χ3v) is 2.95. The van der Waals surface area contributed by atoms with E-state index in [1.165, 1.54) is 12.3 Å². The first-order valence-electron chi connectivity index (χ1n) is 5.00. The molecule has 86 valence electrons. The van der Waals surface area contributed by atoms with Gasteiger partial charge in [0, 0.05) is 18.0 Å². The molecule has 0 saturated carbocycles. The third-order valence-electron chi connectivity index (χ3n) is 2.33. The lowest BCUT2D eigenvalue weighted by molar-refractivity contribution is 0.103. The van der Waals surface area contributed by atoms with Gasteiger partial charge in [0.25, 0.3) is 0 Å². The van der Waals surface area contributed by atoms with Crippen LogP contribution in [0, 0.1) is 12.7 Å². The third kappa shape index (κ3) is 2.42. The molecule has 1 heterocycles. The van der Waals surface area contributed by atoms with Gasteiger partial charge in [0.15, 0.2) is 5.78 Å². The van der Waals surface area contributed by atoms with Crippen molar-refractivity contribution in [1.29, 1.82) is 0 Å². The van der Waals surface area contributed by atoms with E-state index in [9.17, 15) is 9.18 Å². The van der Waals surface area contributed by atoms with Crippen molar-refractivity contribution in [2.24, 2.45) is 0 Å². The van der Waals surface area contributed by atoms with Crippen molar-refractivity contribution in [2.75, 3.05) is 0 Å². The van der Waals surface area contributed by atoms with Crippen LogP contribution in [0.3, 0.4) is 0 Å². The topological polar surface area (TPSA) is 30.0 Å². The first kappa shape index (κ1) is 11.9. The number of ketones is 1. The lowest BCUT2D eigenvalue weighted by atomic mass is 10.0. The second-order valence-corrected chi connectivity index (χ2v) is 4.54. The van der Waals surface area contributed by atoms with Crippen LogP contribution in [-0.2, 0) is 0 Å². The van der Waals surface area contributed by atoms with E-state index in [1.807, 2.05) is 6.92 Å². The molecule has 0 spiro atoms. The number of aromatic nitrogens is 1. The number of rotatable bonds is 2. The van der Waals surface area contributed by atoms with E-state index in [4.69, 9.17) is 0 Å². The van der Waals surface area contributed by atoms with Crippen molar-refractivity contribution in [3.63, 3.8) is 0 Å². The van der Waals surface area contributed by atoms with E-state index in [1.54, 1.807) is 24.4 Å². The van der Waals surface area contributed by atoms with Crippen molar-refractivity contribution in [2.45, 2.75) is 6.92 Å². The van der Waals surface area contributed by atoms with Crippen LogP contribution in [0.2, 0.25) is 0 Å². The number of carbonyl (C=O) groups is 1. The molecule has 1 aromatic carbocycles. The van der Waals surface area contributed by atoms with Crippen LogP contribution < -0.4 is 0 Å². The number of nitrogens with zero attached hydrogens (tertiary/aromatic N) is 1. The van der Waals surface area contributed by atoms with Crippen LogP contribution in [0.5, 0.6) is 0 Å². The lowest BCUT2D eigenvalue weighted by Gasteiger charge is -2.04. The summed E-state index contributed by atoms with van der Waals surface area (Å²) in [6.07, 6.45) is 3.09. The van der Waals surface area contributed by atoms with Crippen molar-refractivity contribution in [1.82, 2.24) is 4.98 Å².